The SMILES string of the molecule is CS(=O)(=O)C1CC1C(=O)O. The molecular weight excluding hydrogens is 156 g/mol. The lowest BCUT2D eigenvalue weighted by atomic mass is 10.4. The molecular formula is C5H8O4S. The highest BCUT2D eigenvalue weighted by atomic mass is 32.2. The van der Waals surface area contributed by atoms with E-state index in [1.807, 2.05) is 0 Å². The standard InChI is InChI=1S/C5H8O4S/c1-10(8,9)4-2-3(4)5(6)7/h3-4H,2H2,1H3,(H,6,7). The zero-order valence-electron chi connectivity index (χ0n) is 5.44. The van der Waals surface area contributed by atoms with E-state index < -0.39 is 27.0 Å². The lowest BCUT2D eigenvalue weighted by molar-refractivity contribution is -0.138. The number of aliphatic carboxylic acids is 1. The Balaban J connectivity index is 2.64. The van der Waals surface area contributed by atoms with Gasteiger partial charge in [-0.25, -0.2) is 8.42 Å². The van der Waals surface area contributed by atoms with Crippen molar-refractivity contribution in [2.45, 2.75) is 11.7 Å². The van der Waals surface area contributed by atoms with Gasteiger partial charge < -0.3 is 5.11 Å². The summed E-state index contributed by atoms with van der Waals surface area (Å²) in [5, 5.41) is 7.70. The van der Waals surface area contributed by atoms with Crippen molar-refractivity contribution in [1.29, 1.82) is 0 Å². The van der Waals surface area contributed by atoms with Crippen molar-refractivity contribution in [2.24, 2.45) is 5.92 Å². The molecule has 4 nitrogen and oxygen atoms in total. The molecule has 0 heterocycles. The average molecular weight is 164 g/mol. The molecule has 58 valence electrons. The third-order valence-corrected chi connectivity index (χ3v) is 3.22. The first kappa shape index (κ1) is 7.53. The Labute approximate surface area is 58.8 Å². The Bertz CT molecular complexity index is 253. The summed E-state index contributed by atoms with van der Waals surface area (Å²) in [7, 11) is -3.10. The van der Waals surface area contributed by atoms with E-state index in [0.717, 1.165) is 6.26 Å². The van der Waals surface area contributed by atoms with Crippen LogP contribution in [-0.2, 0) is 14.6 Å². The molecule has 1 aliphatic rings. The number of carboxylic acid groups (broad SMARTS) is 1. The minimum absolute atomic E-state index is 0.286. The van der Waals surface area contributed by atoms with Crippen LogP contribution in [0.15, 0.2) is 0 Å². The Morgan fingerprint density at radius 2 is 2.10 bits per heavy atom. The maximum atomic E-state index is 10.6. The van der Waals surface area contributed by atoms with Crippen LogP contribution in [0.1, 0.15) is 6.42 Å². The van der Waals surface area contributed by atoms with Crippen molar-refractivity contribution in [1.82, 2.24) is 0 Å². The monoisotopic (exact) mass is 164 g/mol. The van der Waals surface area contributed by atoms with Crippen LogP contribution in [0.5, 0.6) is 0 Å². The van der Waals surface area contributed by atoms with Crippen molar-refractivity contribution in [3.8, 4) is 0 Å². The van der Waals surface area contributed by atoms with Crippen LogP contribution in [0.4, 0.5) is 0 Å². The van der Waals surface area contributed by atoms with Crippen LogP contribution in [0, 0.1) is 5.92 Å². The lowest BCUT2D eigenvalue weighted by Crippen LogP contribution is -2.10. The first-order valence-corrected chi connectivity index (χ1v) is 4.80. The molecule has 10 heavy (non-hydrogen) atoms. The van der Waals surface area contributed by atoms with Gasteiger partial charge in [-0.15, -0.1) is 0 Å². The van der Waals surface area contributed by atoms with Gasteiger partial charge in [0, 0.05) is 6.26 Å². The van der Waals surface area contributed by atoms with Gasteiger partial charge in [0.05, 0.1) is 11.2 Å². The van der Waals surface area contributed by atoms with Crippen LogP contribution in [0.25, 0.3) is 0 Å². The highest BCUT2D eigenvalue weighted by Crippen LogP contribution is 2.36. The van der Waals surface area contributed by atoms with E-state index in [1.54, 1.807) is 0 Å². The van der Waals surface area contributed by atoms with Gasteiger partial charge in [0.15, 0.2) is 9.84 Å². The van der Waals surface area contributed by atoms with Gasteiger partial charge >= 0.3 is 5.97 Å². The van der Waals surface area contributed by atoms with Crippen molar-refractivity contribution < 1.29 is 18.3 Å². The molecule has 0 radical (unpaired) electrons. The molecule has 1 rings (SSSR count). The summed E-state index contributed by atoms with van der Waals surface area (Å²) >= 11 is 0. The van der Waals surface area contributed by atoms with E-state index in [4.69, 9.17) is 5.11 Å². The molecule has 0 spiro atoms. The summed E-state index contributed by atoms with van der Waals surface area (Å²) < 4.78 is 21.3. The van der Waals surface area contributed by atoms with Crippen molar-refractivity contribution in [3.05, 3.63) is 0 Å². The predicted octanol–water partition coefficient (Wildman–Crippen LogP) is -0.496. The molecule has 0 aromatic carbocycles. The molecule has 0 saturated heterocycles. The van der Waals surface area contributed by atoms with Crippen molar-refractivity contribution >= 4 is 15.8 Å². The second kappa shape index (κ2) is 1.95. The van der Waals surface area contributed by atoms with Gasteiger partial charge in [-0.05, 0) is 6.42 Å². The Morgan fingerprint density at radius 3 is 2.20 bits per heavy atom. The van der Waals surface area contributed by atoms with E-state index in [-0.39, 0.29) is 6.42 Å². The summed E-state index contributed by atoms with van der Waals surface area (Å²) in [6.45, 7) is 0. The third-order valence-electron chi connectivity index (χ3n) is 1.60. The Hall–Kier alpha value is -0.580. The topological polar surface area (TPSA) is 71.4 Å². The number of rotatable bonds is 2. The maximum Gasteiger partial charge on any atom is 0.307 e. The zero-order valence-corrected chi connectivity index (χ0v) is 6.26. The highest BCUT2D eigenvalue weighted by molar-refractivity contribution is 7.91. The lowest BCUT2D eigenvalue weighted by Gasteiger charge is -1.90. The quantitative estimate of drug-likeness (QED) is 0.597. The minimum atomic E-state index is -3.10. The summed E-state index contributed by atoms with van der Waals surface area (Å²) in [5.74, 6) is -1.65. The first-order chi connectivity index (χ1) is 4.43. The molecule has 2 unspecified atom stereocenters. The maximum absolute atomic E-state index is 10.6. The second-order valence-electron chi connectivity index (χ2n) is 2.55. The van der Waals surface area contributed by atoms with Crippen LogP contribution in [0.3, 0.4) is 0 Å². The molecule has 0 amide bonds. The van der Waals surface area contributed by atoms with Gasteiger partial charge in [0.25, 0.3) is 0 Å². The fraction of sp³-hybridized carbons (Fsp3) is 0.800. The molecule has 1 fully saturated rings. The van der Waals surface area contributed by atoms with Crippen LogP contribution in [0.2, 0.25) is 0 Å². The summed E-state index contributed by atoms with van der Waals surface area (Å²) in [4.78, 5) is 10.2. The largest absolute Gasteiger partial charge is 0.481 e. The predicted molar refractivity (Wildman–Crippen MR) is 34.4 cm³/mol. The van der Waals surface area contributed by atoms with E-state index in [0.29, 0.717) is 0 Å². The highest BCUT2D eigenvalue weighted by Gasteiger charge is 2.49. The molecule has 0 aliphatic heterocycles. The molecule has 2 atom stereocenters. The van der Waals surface area contributed by atoms with Gasteiger partial charge in [-0.3, -0.25) is 4.79 Å². The molecule has 1 aliphatic carbocycles. The molecule has 0 bridgehead atoms. The van der Waals surface area contributed by atoms with Crippen LogP contribution >= 0.6 is 0 Å². The third kappa shape index (κ3) is 1.29. The molecule has 1 N–H and O–H groups in total. The normalized spacial score (nSPS) is 31.7. The average Bonchev–Trinajstić information content (AvgIpc) is 2.35. The van der Waals surface area contributed by atoms with Crippen molar-refractivity contribution in [2.75, 3.05) is 6.26 Å². The van der Waals surface area contributed by atoms with Gasteiger partial charge in [-0.2, -0.15) is 0 Å². The first-order valence-electron chi connectivity index (χ1n) is 2.84. The second-order valence-corrected chi connectivity index (χ2v) is 4.81. The Morgan fingerprint density at radius 1 is 1.60 bits per heavy atom. The molecule has 5 heteroatoms. The summed E-state index contributed by atoms with van der Waals surface area (Å²) in [6.07, 6.45) is 1.36. The van der Waals surface area contributed by atoms with Crippen LogP contribution in [-0.4, -0.2) is 31.0 Å². The number of sulfone groups is 1. The van der Waals surface area contributed by atoms with E-state index in [1.165, 1.54) is 0 Å². The van der Waals surface area contributed by atoms with Gasteiger partial charge in [0.2, 0.25) is 0 Å². The summed E-state index contributed by atoms with van der Waals surface area (Å²) in [6, 6.07) is 0. The van der Waals surface area contributed by atoms with E-state index in [2.05, 4.69) is 0 Å². The van der Waals surface area contributed by atoms with Crippen LogP contribution < -0.4 is 0 Å². The number of carbonyl (C=O) groups is 1. The fourth-order valence-corrected chi connectivity index (χ4v) is 2.17. The fourth-order valence-electron chi connectivity index (χ4n) is 0.905. The minimum Gasteiger partial charge on any atom is -0.481 e. The summed E-state index contributed by atoms with van der Waals surface area (Å²) in [5.41, 5.74) is 0. The zero-order chi connectivity index (χ0) is 7.94. The number of hydrogen-bond acceptors (Lipinski definition) is 3. The Kier molecular flexibility index (Phi) is 1.47. The molecule has 0 aromatic rings. The van der Waals surface area contributed by atoms with Gasteiger partial charge in [-0.1, -0.05) is 0 Å². The number of hydrogen-bond donors (Lipinski definition) is 1. The van der Waals surface area contributed by atoms with E-state index >= 15 is 0 Å². The van der Waals surface area contributed by atoms with Crippen molar-refractivity contribution in [3.63, 3.8) is 0 Å². The molecule has 1 saturated carbocycles. The van der Waals surface area contributed by atoms with E-state index in [9.17, 15) is 13.2 Å². The smallest absolute Gasteiger partial charge is 0.307 e. The molecule has 0 aromatic heterocycles. The van der Waals surface area contributed by atoms with Gasteiger partial charge in [0.1, 0.15) is 0 Å². The number of carboxylic acids is 1.